The van der Waals surface area contributed by atoms with Crippen LogP contribution >= 0.6 is 0 Å². The van der Waals surface area contributed by atoms with E-state index in [-0.39, 0.29) is 24.8 Å². The molecule has 3 N–H and O–H groups in total. The molecule has 0 unspecified atom stereocenters. The van der Waals surface area contributed by atoms with Crippen molar-refractivity contribution in [3.8, 4) is 0 Å². The van der Waals surface area contributed by atoms with Gasteiger partial charge in [-0.1, -0.05) is 12.1 Å². The molecule has 0 aliphatic carbocycles. The molecule has 2 heterocycles. The number of carbonyl (C=O) groups is 2. The molecule has 0 saturated heterocycles. The van der Waals surface area contributed by atoms with Gasteiger partial charge in [-0.05, 0) is 41.8 Å². The summed E-state index contributed by atoms with van der Waals surface area (Å²) in [4.78, 5) is 27.6. The summed E-state index contributed by atoms with van der Waals surface area (Å²) in [6.45, 7) is 1.07. The average molecular weight is 372 g/mol. The molecule has 142 valence electrons. The molecule has 8 heteroatoms. The molecular weight excluding hydrogens is 351 g/mol. The van der Waals surface area contributed by atoms with Gasteiger partial charge in [-0.2, -0.15) is 0 Å². The SMILES string of the molecule is O=C(COCC(=O)Nc1ccc2c(c1F)CCNC2)NCc1cccnc1. The predicted octanol–water partition coefficient (Wildman–Crippen LogP) is 1.14. The fourth-order valence-electron chi connectivity index (χ4n) is 2.81. The van der Waals surface area contributed by atoms with Gasteiger partial charge in [-0.3, -0.25) is 14.6 Å². The van der Waals surface area contributed by atoms with Crippen LogP contribution in [0.1, 0.15) is 16.7 Å². The van der Waals surface area contributed by atoms with Crippen molar-refractivity contribution in [2.24, 2.45) is 0 Å². The molecule has 2 aromatic rings. The molecular formula is C19H21FN4O3. The number of amides is 2. The van der Waals surface area contributed by atoms with Gasteiger partial charge in [0, 0.05) is 25.5 Å². The summed E-state index contributed by atoms with van der Waals surface area (Å²) < 4.78 is 19.6. The van der Waals surface area contributed by atoms with Gasteiger partial charge in [-0.25, -0.2) is 4.39 Å². The van der Waals surface area contributed by atoms with Gasteiger partial charge < -0.3 is 20.7 Å². The monoisotopic (exact) mass is 372 g/mol. The van der Waals surface area contributed by atoms with Crippen LogP contribution in [0.15, 0.2) is 36.7 Å². The lowest BCUT2D eigenvalue weighted by atomic mass is 9.99. The molecule has 1 aromatic heterocycles. The van der Waals surface area contributed by atoms with E-state index in [0.29, 0.717) is 31.6 Å². The zero-order chi connectivity index (χ0) is 19.1. The molecule has 1 aliphatic rings. The number of anilines is 1. The van der Waals surface area contributed by atoms with E-state index in [1.54, 1.807) is 30.6 Å². The van der Waals surface area contributed by atoms with Gasteiger partial charge in [-0.15, -0.1) is 0 Å². The Labute approximate surface area is 156 Å². The third-order valence-corrected chi connectivity index (χ3v) is 4.16. The van der Waals surface area contributed by atoms with E-state index in [9.17, 15) is 14.0 Å². The van der Waals surface area contributed by atoms with Crippen LogP contribution in [0.4, 0.5) is 10.1 Å². The van der Waals surface area contributed by atoms with Gasteiger partial charge in [0.15, 0.2) is 0 Å². The first-order valence-electron chi connectivity index (χ1n) is 8.67. The molecule has 0 atom stereocenters. The molecule has 1 aromatic carbocycles. The van der Waals surface area contributed by atoms with E-state index in [0.717, 1.165) is 11.1 Å². The number of rotatable bonds is 7. The van der Waals surface area contributed by atoms with Gasteiger partial charge in [0.1, 0.15) is 19.0 Å². The second kappa shape index (κ2) is 9.20. The smallest absolute Gasteiger partial charge is 0.250 e. The van der Waals surface area contributed by atoms with Crippen molar-refractivity contribution in [2.45, 2.75) is 19.5 Å². The maximum absolute atomic E-state index is 14.5. The molecule has 1 aliphatic heterocycles. The molecule has 7 nitrogen and oxygen atoms in total. The minimum atomic E-state index is -0.511. The van der Waals surface area contributed by atoms with Crippen LogP contribution in [-0.2, 0) is 33.8 Å². The quantitative estimate of drug-likeness (QED) is 0.678. The van der Waals surface area contributed by atoms with Crippen molar-refractivity contribution in [1.82, 2.24) is 15.6 Å². The van der Waals surface area contributed by atoms with Crippen LogP contribution in [0.2, 0.25) is 0 Å². The first kappa shape index (κ1) is 18.9. The lowest BCUT2D eigenvalue weighted by Crippen LogP contribution is -2.29. The van der Waals surface area contributed by atoms with Gasteiger partial charge in [0.25, 0.3) is 0 Å². The molecule has 27 heavy (non-hydrogen) atoms. The van der Waals surface area contributed by atoms with Crippen molar-refractivity contribution < 1.29 is 18.7 Å². The predicted molar refractivity (Wildman–Crippen MR) is 97.3 cm³/mol. The number of ether oxygens (including phenoxy) is 1. The number of hydrogen-bond acceptors (Lipinski definition) is 5. The van der Waals surface area contributed by atoms with Crippen LogP contribution in [-0.4, -0.2) is 36.6 Å². The first-order valence-corrected chi connectivity index (χ1v) is 8.67. The van der Waals surface area contributed by atoms with Gasteiger partial charge in [0.2, 0.25) is 11.8 Å². The lowest BCUT2D eigenvalue weighted by Gasteiger charge is -2.19. The highest BCUT2D eigenvalue weighted by atomic mass is 19.1. The van der Waals surface area contributed by atoms with E-state index in [2.05, 4.69) is 20.9 Å². The normalized spacial score (nSPS) is 12.9. The van der Waals surface area contributed by atoms with Crippen LogP contribution < -0.4 is 16.0 Å². The number of fused-ring (bicyclic) bond motifs is 1. The highest BCUT2D eigenvalue weighted by molar-refractivity contribution is 5.92. The number of pyridine rings is 1. The molecule has 0 bridgehead atoms. The third-order valence-electron chi connectivity index (χ3n) is 4.16. The summed E-state index contributed by atoms with van der Waals surface area (Å²) in [6.07, 6.45) is 3.88. The Morgan fingerprint density at radius 3 is 2.89 bits per heavy atom. The fraction of sp³-hybridized carbons (Fsp3) is 0.316. The summed E-state index contributed by atoms with van der Waals surface area (Å²) in [5, 5.41) is 8.33. The minimum absolute atomic E-state index is 0.130. The Kier molecular flexibility index (Phi) is 6.45. The number of halogens is 1. The van der Waals surface area contributed by atoms with Gasteiger partial charge >= 0.3 is 0 Å². The minimum Gasteiger partial charge on any atom is -0.362 e. The molecule has 0 spiro atoms. The van der Waals surface area contributed by atoms with E-state index in [1.165, 1.54) is 0 Å². The van der Waals surface area contributed by atoms with Crippen molar-refractivity contribution >= 4 is 17.5 Å². The second-order valence-corrected chi connectivity index (χ2v) is 6.17. The zero-order valence-corrected chi connectivity index (χ0v) is 14.8. The Hall–Kier alpha value is -2.84. The Morgan fingerprint density at radius 1 is 1.22 bits per heavy atom. The van der Waals surface area contributed by atoms with Crippen molar-refractivity contribution in [2.75, 3.05) is 25.1 Å². The second-order valence-electron chi connectivity index (χ2n) is 6.17. The fourth-order valence-corrected chi connectivity index (χ4v) is 2.81. The molecule has 0 saturated carbocycles. The van der Waals surface area contributed by atoms with Crippen molar-refractivity contribution in [3.05, 3.63) is 59.2 Å². The standard InChI is InChI=1S/C19H21FN4O3/c20-19-15-5-7-22-10-14(15)3-4-16(19)24-18(26)12-27-11-17(25)23-9-13-2-1-6-21-8-13/h1-4,6,8,22H,5,7,9-12H2,(H,23,25)(H,24,26). The topological polar surface area (TPSA) is 92.4 Å². The first-order chi connectivity index (χ1) is 13.1. The molecule has 0 fully saturated rings. The summed E-state index contributed by atoms with van der Waals surface area (Å²) in [6, 6.07) is 6.95. The summed E-state index contributed by atoms with van der Waals surface area (Å²) in [7, 11) is 0. The lowest BCUT2D eigenvalue weighted by molar-refractivity contribution is -0.128. The van der Waals surface area contributed by atoms with Crippen LogP contribution in [0.25, 0.3) is 0 Å². The van der Waals surface area contributed by atoms with Crippen LogP contribution in [0.3, 0.4) is 0 Å². The Balaban J connectivity index is 1.41. The summed E-state index contributed by atoms with van der Waals surface area (Å²) >= 11 is 0. The number of benzene rings is 1. The molecule has 0 radical (unpaired) electrons. The third kappa shape index (κ3) is 5.32. The van der Waals surface area contributed by atoms with Crippen molar-refractivity contribution in [1.29, 1.82) is 0 Å². The number of nitrogens with zero attached hydrogens (tertiary/aromatic N) is 1. The highest BCUT2D eigenvalue weighted by Crippen LogP contribution is 2.24. The Morgan fingerprint density at radius 2 is 2.07 bits per heavy atom. The Bertz CT molecular complexity index is 814. The maximum Gasteiger partial charge on any atom is 0.250 e. The highest BCUT2D eigenvalue weighted by Gasteiger charge is 2.17. The van der Waals surface area contributed by atoms with Gasteiger partial charge in [0.05, 0.1) is 5.69 Å². The summed E-state index contributed by atoms with van der Waals surface area (Å²) in [5.41, 5.74) is 2.52. The molecule has 2 amide bonds. The summed E-state index contributed by atoms with van der Waals surface area (Å²) in [5.74, 6) is -1.27. The van der Waals surface area contributed by atoms with E-state index in [1.807, 2.05) is 6.07 Å². The number of nitrogens with one attached hydrogen (secondary N) is 3. The van der Waals surface area contributed by atoms with E-state index in [4.69, 9.17) is 4.74 Å². The average Bonchev–Trinajstić information content (AvgIpc) is 2.69. The van der Waals surface area contributed by atoms with Crippen LogP contribution in [0.5, 0.6) is 0 Å². The number of hydrogen-bond donors (Lipinski definition) is 3. The van der Waals surface area contributed by atoms with Crippen LogP contribution in [0, 0.1) is 5.82 Å². The molecule has 3 rings (SSSR count). The largest absolute Gasteiger partial charge is 0.362 e. The van der Waals surface area contributed by atoms with Crippen molar-refractivity contribution in [3.63, 3.8) is 0 Å². The maximum atomic E-state index is 14.5. The van der Waals surface area contributed by atoms with E-state index < -0.39 is 11.7 Å². The van der Waals surface area contributed by atoms with E-state index >= 15 is 0 Å². The zero-order valence-electron chi connectivity index (χ0n) is 14.8. The number of aromatic nitrogens is 1. The number of carbonyl (C=O) groups excluding carboxylic acids is 2.